The molecule has 0 bridgehead atoms. The Kier molecular flexibility index (Phi) is 4.16. The van der Waals surface area contributed by atoms with Crippen LogP contribution in [-0.4, -0.2) is 35.4 Å². The first kappa shape index (κ1) is 14.9. The number of rotatable bonds is 5. The molecule has 118 valence electrons. The van der Waals surface area contributed by atoms with Gasteiger partial charge in [0.25, 0.3) is 5.91 Å². The Labute approximate surface area is 141 Å². The molecule has 0 atom stereocenters. The van der Waals surface area contributed by atoms with E-state index in [1.165, 1.54) is 42.8 Å². The van der Waals surface area contributed by atoms with Gasteiger partial charge in [-0.3, -0.25) is 4.79 Å². The van der Waals surface area contributed by atoms with Crippen LogP contribution >= 0.6 is 23.5 Å². The summed E-state index contributed by atoms with van der Waals surface area (Å²) in [5, 5.41) is 0. The number of carbonyl (C=O) groups is 1. The molecule has 2 nitrogen and oxygen atoms in total. The van der Waals surface area contributed by atoms with Gasteiger partial charge >= 0.3 is 0 Å². The van der Waals surface area contributed by atoms with Crippen molar-refractivity contribution in [3.63, 3.8) is 0 Å². The van der Waals surface area contributed by atoms with Crippen LogP contribution in [0.5, 0.6) is 0 Å². The minimum absolute atomic E-state index is 0.210. The van der Waals surface area contributed by atoms with Crippen LogP contribution in [0.1, 0.15) is 46.2 Å². The molecule has 3 aliphatic rings. The highest BCUT2D eigenvalue weighted by molar-refractivity contribution is 8.19. The molecule has 2 aliphatic carbocycles. The fourth-order valence-corrected chi connectivity index (χ4v) is 6.42. The van der Waals surface area contributed by atoms with E-state index >= 15 is 0 Å². The summed E-state index contributed by atoms with van der Waals surface area (Å²) >= 11 is 4.03. The van der Waals surface area contributed by atoms with Crippen molar-refractivity contribution in [1.82, 2.24) is 4.90 Å². The third-order valence-electron chi connectivity index (χ3n) is 5.03. The number of nitrogens with zero attached hydrogens (tertiary/aromatic N) is 1. The summed E-state index contributed by atoms with van der Waals surface area (Å²) in [6.45, 7) is 0. The highest BCUT2D eigenvalue weighted by Gasteiger charge is 2.45. The molecular formula is C18H23NOS2. The van der Waals surface area contributed by atoms with Gasteiger partial charge in [-0.1, -0.05) is 12.1 Å². The Hall–Kier alpha value is -0.610. The van der Waals surface area contributed by atoms with E-state index < -0.39 is 0 Å². The zero-order valence-electron chi connectivity index (χ0n) is 13.0. The van der Waals surface area contributed by atoms with E-state index in [1.54, 1.807) is 0 Å². The summed E-state index contributed by atoms with van der Waals surface area (Å²) in [6, 6.07) is 8.86. The zero-order valence-corrected chi connectivity index (χ0v) is 14.7. The van der Waals surface area contributed by atoms with Gasteiger partial charge in [-0.15, -0.1) is 23.5 Å². The Morgan fingerprint density at radius 1 is 1.05 bits per heavy atom. The van der Waals surface area contributed by atoms with Crippen molar-refractivity contribution in [3.05, 3.63) is 35.4 Å². The predicted octanol–water partition coefficient (Wildman–Crippen LogP) is 4.43. The van der Waals surface area contributed by atoms with Gasteiger partial charge in [-0.2, -0.15) is 0 Å². The van der Waals surface area contributed by atoms with E-state index in [0.717, 1.165) is 17.4 Å². The second-order valence-electron chi connectivity index (χ2n) is 6.78. The normalized spacial score (nSPS) is 22.3. The lowest BCUT2D eigenvalue weighted by atomic mass is 10.0. The standard InChI is InChI=1S/C18H23NOS2/c1-19(16(12-2-3-12)13-4-5-13)17(20)14-6-8-15(9-7-14)18-21-10-11-22-18/h6-9,12-13,16,18H,2-5,10-11H2,1H3. The summed E-state index contributed by atoms with van der Waals surface area (Å²) < 4.78 is 0.563. The summed E-state index contributed by atoms with van der Waals surface area (Å²) in [5.41, 5.74) is 2.21. The minimum atomic E-state index is 0.210. The van der Waals surface area contributed by atoms with Crippen LogP contribution in [0.15, 0.2) is 24.3 Å². The van der Waals surface area contributed by atoms with Crippen molar-refractivity contribution in [2.75, 3.05) is 18.6 Å². The van der Waals surface area contributed by atoms with E-state index in [4.69, 9.17) is 0 Å². The molecule has 22 heavy (non-hydrogen) atoms. The summed E-state index contributed by atoms with van der Waals surface area (Å²) in [7, 11) is 2.01. The molecule has 0 aromatic heterocycles. The smallest absolute Gasteiger partial charge is 0.253 e. The lowest BCUT2D eigenvalue weighted by Gasteiger charge is -2.28. The largest absolute Gasteiger partial charge is 0.338 e. The van der Waals surface area contributed by atoms with Crippen LogP contribution in [0.25, 0.3) is 0 Å². The second-order valence-corrected chi connectivity index (χ2v) is 9.50. The third-order valence-corrected chi connectivity index (χ3v) is 8.13. The molecular weight excluding hydrogens is 310 g/mol. The third kappa shape index (κ3) is 3.05. The van der Waals surface area contributed by atoms with Crippen molar-refractivity contribution in [2.45, 2.75) is 36.3 Å². The van der Waals surface area contributed by atoms with E-state index in [0.29, 0.717) is 10.6 Å². The van der Waals surface area contributed by atoms with Gasteiger partial charge in [0, 0.05) is 30.2 Å². The van der Waals surface area contributed by atoms with Crippen molar-refractivity contribution in [3.8, 4) is 0 Å². The Morgan fingerprint density at radius 2 is 1.59 bits per heavy atom. The number of hydrogen-bond donors (Lipinski definition) is 0. The van der Waals surface area contributed by atoms with Crippen molar-refractivity contribution >= 4 is 29.4 Å². The average Bonchev–Trinajstić information content (AvgIpc) is 3.49. The van der Waals surface area contributed by atoms with Crippen LogP contribution in [-0.2, 0) is 0 Å². The molecule has 2 saturated carbocycles. The van der Waals surface area contributed by atoms with Crippen LogP contribution in [0.3, 0.4) is 0 Å². The molecule has 0 unspecified atom stereocenters. The highest BCUT2D eigenvalue weighted by Crippen LogP contribution is 2.47. The van der Waals surface area contributed by atoms with Gasteiger partial charge in [0.05, 0.1) is 4.58 Å². The molecule has 4 rings (SSSR count). The van der Waals surface area contributed by atoms with Gasteiger partial charge in [0.2, 0.25) is 0 Å². The quantitative estimate of drug-likeness (QED) is 0.795. The maximum atomic E-state index is 12.8. The molecule has 1 heterocycles. The topological polar surface area (TPSA) is 20.3 Å². The molecule has 3 fully saturated rings. The second kappa shape index (κ2) is 6.12. The summed E-state index contributed by atoms with van der Waals surface area (Å²) in [4.78, 5) is 14.8. The number of hydrogen-bond acceptors (Lipinski definition) is 3. The molecule has 4 heteroatoms. The minimum Gasteiger partial charge on any atom is -0.338 e. The van der Waals surface area contributed by atoms with Gasteiger partial charge in [0.15, 0.2) is 0 Å². The fraction of sp³-hybridized carbons (Fsp3) is 0.611. The molecule has 0 radical (unpaired) electrons. The lowest BCUT2D eigenvalue weighted by molar-refractivity contribution is 0.0690. The van der Waals surface area contributed by atoms with Crippen LogP contribution in [0.4, 0.5) is 0 Å². The number of benzene rings is 1. The highest BCUT2D eigenvalue weighted by atomic mass is 32.2. The molecule has 1 aliphatic heterocycles. The summed E-state index contributed by atoms with van der Waals surface area (Å²) in [6.07, 6.45) is 5.25. The van der Waals surface area contributed by atoms with Crippen molar-refractivity contribution in [1.29, 1.82) is 0 Å². The van der Waals surface area contributed by atoms with Gasteiger partial charge in [-0.05, 0) is 55.2 Å². The first-order valence-electron chi connectivity index (χ1n) is 8.34. The molecule has 0 N–H and O–H groups in total. The predicted molar refractivity (Wildman–Crippen MR) is 95.4 cm³/mol. The van der Waals surface area contributed by atoms with Crippen molar-refractivity contribution in [2.24, 2.45) is 11.8 Å². The van der Waals surface area contributed by atoms with Gasteiger partial charge < -0.3 is 4.90 Å². The summed E-state index contributed by atoms with van der Waals surface area (Å²) in [5.74, 6) is 4.23. The monoisotopic (exact) mass is 333 g/mol. The average molecular weight is 334 g/mol. The first-order valence-corrected chi connectivity index (χ1v) is 10.4. The van der Waals surface area contributed by atoms with E-state index in [1.807, 2.05) is 47.6 Å². The Balaban J connectivity index is 1.47. The molecule has 0 spiro atoms. The van der Waals surface area contributed by atoms with E-state index in [-0.39, 0.29) is 5.91 Å². The van der Waals surface area contributed by atoms with Gasteiger partial charge in [0.1, 0.15) is 0 Å². The number of amides is 1. The maximum Gasteiger partial charge on any atom is 0.253 e. The lowest BCUT2D eigenvalue weighted by Crippen LogP contribution is -2.40. The molecule has 1 saturated heterocycles. The van der Waals surface area contributed by atoms with E-state index in [9.17, 15) is 4.79 Å². The number of thioether (sulfide) groups is 2. The maximum absolute atomic E-state index is 12.8. The molecule has 1 aromatic carbocycles. The first-order chi connectivity index (χ1) is 10.7. The number of carbonyl (C=O) groups excluding carboxylic acids is 1. The Bertz CT molecular complexity index is 533. The van der Waals surface area contributed by atoms with Crippen LogP contribution in [0, 0.1) is 11.8 Å². The fourth-order valence-electron chi connectivity index (χ4n) is 3.57. The SMILES string of the molecule is CN(C(=O)c1ccc(C2SCCS2)cc1)C(C1CC1)C1CC1. The van der Waals surface area contributed by atoms with Crippen LogP contribution in [0.2, 0.25) is 0 Å². The molecule has 1 amide bonds. The van der Waals surface area contributed by atoms with Crippen LogP contribution < -0.4 is 0 Å². The zero-order chi connectivity index (χ0) is 15.1. The molecule has 1 aromatic rings. The Morgan fingerprint density at radius 3 is 2.09 bits per heavy atom. The van der Waals surface area contributed by atoms with Gasteiger partial charge in [-0.25, -0.2) is 0 Å². The van der Waals surface area contributed by atoms with Crippen molar-refractivity contribution < 1.29 is 4.79 Å². The van der Waals surface area contributed by atoms with E-state index in [2.05, 4.69) is 12.1 Å².